The second kappa shape index (κ2) is 7.40. The number of ether oxygens (including phenoxy) is 1. The number of thioether (sulfide) groups is 1. The van der Waals surface area contributed by atoms with Crippen molar-refractivity contribution in [2.45, 2.75) is 11.8 Å². The SMILES string of the molecule is CSc1ccc(/C=C/C(=O)Oc2ccc3c(C)cc(=O)oc3c2)cc1. The number of fused-ring (bicyclic) bond motifs is 1. The first kappa shape index (κ1) is 17.0. The van der Waals surface area contributed by atoms with Gasteiger partial charge in [-0.25, -0.2) is 9.59 Å². The Hall–Kier alpha value is -2.79. The maximum Gasteiger partial charge on any atom is 0.336 e. The van der Waals surface area contributed by atoms with Gasteiger partial charge in [-0.3, -0.25) is 0 Å². The van der Waals surface area contributed by atoms with Crippen molar-refractivity contribution >= 4 is 34.8 Å². The lowest BCUT2D eigenvalue weighted by Gasteiger charge is -2.04. The lowest BCUT2D eigenvalue weighted by molar-refractivity contribution is -0.128. The number of benzene rings is 2. The van der Waals surface area contributed by atoms with Crippen molar-refractivity contribution in [1.82, 2.24) is 0 Å². The molecule has 0 N–H and O–H groups in total. The van der Waals surface area contributed by atoms with E-state index >= 15 is 0 Å². The topological polar surface area (TPSA) is 56.5 Å². The van der Waals surface area contributed by atoms with Gasteiger partial charge in [0.05, 0.1) is 0 Å². The fourth-order valence-electron chi connectivity index (χ4n) is 2.40. The van der Waals surface area contributed by atoms with Crippen LogP contribution in [0.5, 0.6) is 5.75 Å². The molecule has 0 aliphatic heterocycles. The fraction of sp³-hybridized carbons (Fsp3) is 0.100. The first-order valence-electron chi connectivity index (χ1n) is 7.63. The van der Waals surface area contributed by atoms with Crippen LogP contribution in [0.25, 0.3) is 17.0 Å². The van der Waals surface area contributed by atoms with E-state index in [9.17, 15) is 9.59 Å². The fourth-order valence-corrected chi connectivity index (χ4v) is 2.81. The summed E-state index contributed by atoms with van der Waals surface area (Å²) in [6.07, 6.45) is 5.07. The summed E-state index contributed by atoms with van der Waals surface area (Å²) in [5.41, 5.74) is 1.70. The van der Waals surface area contributed by atoms with Gasteiger partial charge in [0.2, 0.25) is 0 Å². The Bertz CT molecular complexity index is 1000. The highest BCUT2D eigenvalue weighted by atomic mass is 32.2. The van der Waals surface area contributed by atoms with Crippen LogP contribution in [0.2, 0.25) is 0 Å². The molecule has 0 saturated carbocycles. The van der Waals surface area contributed by atoms with Crippen molar-refractivity contribution in [3.8, 4) is 5.75 Å². The number of carbonyl (C=O) groups is 1. The summed E-state index contributed by atoms with van der Waals surface area (Å²) in [4.78, 5) is 24.6. The minimum Gasteiger partial charge on any atom is -0.423 e. The molecule has 2 aromatic carbocycles. The Kier molecular flexibility index (Phi) is 5.05. The quantitative estimate of drug-likeness (QED) is 0.228. The van der Waals surface area contributed by atoms with Gasteiger partial charge >= 0.3 is 11.6 Å². The summed E-state index contributed by atoms with van der Waals surface area (Å²) in [6, 6.07) is 14.3. The molecular weight excluding hydrogens is 336 g/mol. The molecule has 4 nitrogen and oxygen atoms in total. The largest absolute Gasteiger partial charge is 0.423 e. The van der Waals surface area contributed by atoms with Crippen molar-refractivity contribution < 1.29 is 13.9 Å². The molecule has 0 aliphatic carbocycles. The number of esters is 1. The van der Waals surface area contributed by atoms with Gasteiger partial charge in [0.1, 0.15) is 11.3 Å². The van der Waals surface area contributed by atoms with E-state index in [1.54, 1.807) is 36.0 Å². The van der Waals surface area contributed by atoms with Crippen molar-refractivity contribution in [1.29, 1.82) is 0 Å². The van der Waals surface area contributed by atoms with Crippen LogP contribution in [0.1, 0.15) is 11.1 Å². The average Bonchev–Trinajstić information content (AvgIpc) is 2.60. The van der Waals surface area contributed by atoms with Crippen LogP contribution in [0.15, 0.2) is 68.7 Å². The second-order valence-electron chi connectivity index (χ2n) is 5.43. The zero-order chi connectivity index (χ0) is 17.8. The molecular formula is C20H16O4S. The van der Waals surface area contributed by atoms with Crippen LogP contribution in [0.4, 0.5) is 0 Å². The molecule has 0 unspecified atom stereocenters. The Morgan fingerprint density at radius 3 is 2.60 bits per heavy atom. The van der Waals surface area contributed by atoms with Crippen LogP contribution in [-0.4, -0.2) is 12.2 Å². The predicted molar refractivity (Wildman–Crippen MR) is 100 cm³/mol. The van der Waals surface area contributed by atoms with Gasteiger partial charge in [-0.15, -0.1) is 11.8 Å². The normalized spacial score (nSPS) is 11.1. The van der Waals surface area contributed by atoms with Gasteiger partial charge in [-0.1, -0.05) is 12.1 Å². The third kappa shape index (κ3) is 4.19. The monoisotopic (exact) mass is 352 g/mol. The number of hydrogen-bond donors (Lipinski definition) is 0. The minimum atomic E-state index is -0.497. The first-order valence-corrected chi connectivity index (χ1v) is 8.86. The Morgan fingerprint density at radius 2 is 1.88 bits per heavy atom. The van der Waals surface area contributed by atoms with E-state index < -0.39 is 11.6 Å². The summed E-state index contributed by atoms with van der Waals surface area (Å²) < 4.78 is 10.4. The molecule has 3 aromatic rings. The zero-order valence-corrected chi connectivity index (χ0v) is 14.6. The molecule has 0 fully saturated rings. The van der Waals surface area contributed by atoms with Crippen molar-refractivity contribution in [3.05, 3.63) is 76.2 Å². The van der Waals surface area contributed by atoms with E-state index in [1.807, 2.05) is 37.4 Å². The van der Waals surface area contributed by atoms with Gasteiger partial charge in [0.25, 0.3) is 0 Å². The van der Waals surface area contributed by atoms with E-state index in [2.05, 4.69) is 0 Å². The maximum absolute atomic E-state index is 12.0. The molecule has 0 atom stereocenters. The number of rotatable bonds is 4. The summed E-state index contributed by atoms with van der Waals surface area (Å²) in [5, 5.41) is 0.809. The molecule has 0 spiro atoms. The first-order chi connectivity index (χ1) is 12.0. The Balaban J connectivity index is 1.74. The zero-order valence-electron chi connectivity index (χ0n) is 13.8. The molecule has 1 heterocycles. The standard InChI is InChI=1S/C20H16O4S/c1-13-11-20(22)24-18-12-15(6-9-17(13)18)23-19(21)10-5-14-3-7-16(25-2)8-4-14/h3-12H,1-2H3/b10-5+. The van der Waals surface area contributed by atoms with Gasteiger partial charge < -0.3 is 9.15 Å². The van der Waals surface area contributed by atoms with E-state index in [-0.39, 0.29) is 0 Å². The van der Waals surface area contributed by atoms with E-state index in [1.165, 1.54) is 12.1 Å². The number of carbonyl (C=O) groups excluding carboxylic acids is 1. The molecule has 0 aliphatic rings. The summed E-state index contributed by atoms with van der Waals surface area (Å²) in [6.45, 7) is 1.83. The van der Waals surface area contributed by atoms with Crippen LogP contribution >= 0.6 is 11.8 Å². The van der Waals surface area contributed by atoms with Gasteiger partial charge in [0, 0.05) is 28.5 Å². The summed E-state index contributed by atoms with van der Waals surface area (Å²) >= 11 is 1.66. The molecule has 0 saturated heterocycles. The van der Waals surface area contributed by atoms with Gasteiger partial charge in [0.15, 0.2) is 0 Å². The third-order valence-corrected chi connectivity index (χ3v) is 4.41. The highest BCUT2D eigenvalue weighted by molar-refractivity contribution is 7.98. The maximum atomic E-state index is 12.0. The van der Waals surface area contributed by atoms with Crippen LogP contribution < -0.4 is 10.4 Å². The van der Waals surface area contributed by atoms with Crippen LogP contribution in [0, 0.1) is 6.92 Å². The predicted octanol–water partition coefficient (Wildman–Crippen LogP) is 4.44. The molecule has 0 amide bonds. The Labute approximate surface area is 149 Å². The van der Waals surface area contributed by atoms with E-state index in [4.69, 9.17) is 9.15 Å². The minimum absolute atomic E-state index is 0.327. The molecule has 0 bridgehead atoms. The lowest BCUT2D eigenvalue weighted by atomic mass is 10.1. The van der Waals surface area contributed by atoms with Crippen LogP contribution in [0.3, 0.4) is 0 Å². The number of aryl methyl sites for hydroxylation is 1. The molecule has 126 valence electrons. The molecule has 1 aromatic heterocycles. The van der Waals surface area contributed by atoms with Crippen molar-refractivity contribution in [3.63, 3.8) is 0 Å². The molecule has 3 rings (SSSR count). The molecule has 0 radical (unpaired) electrons. The number of hydrogen-bond acceptors (Lipinski definition) is 5. The van der Waals surface area contributed by atoms with Crippen molar-refractivity contribution in [2.75, 3.05) is 6.26 Å². The second-order valence-corrected chi connectivity index (χ2v) is 6.31. The Morgan fingerprint density at radius 1 is 1.12 bits per heavy atom. The summed E-state index contributed by atoms with van der Waals surface area (Å²) in [7, 11) is 0. The van der Waals surface area contributed by atoms with E-state index in [0.717, 1.165) is 21.4 Å². The summed E-state index contributed by atoms with van der Waals surface area (Å²) in [5.74, 6) is -0.170. The lowest BCUT2D eigenvalue weighted by Crippen LogP contribution is -2.04. The molecule has 25 heavy (non-hydrogen) atoms. The van der Waals surface area contributed by atoms with Gasteiger partial charge in [-0.05, 0) is 54.6 Å². The average molecular weight is 352 g/mol. The van der Waals surface area contributed by atoms with E-state index in [0.29, 0.717) is 11.3 Å². The third-order valence-electron chi connectivity index (χ3n) is 3.67. The smallest absolute Gasteiger partial charge is 0.336 e. The highest BCUT2D eigenvalue weighted by Crippen LogP contribution is 2.22. The van der Waals surface area contributed by atoms with Gasteiger partial charge in [-0.2, -0.15) is 0 Å². The van der Waals surface area contributed by atoms with Crippen molar-refractivity contribution in [2.24, 2.45) is 0 Å². The molecule has 5 heteroatoms. The van der Waals surface area contributed by atoms with Crippen LogP contribution in [-0.2, 0) is 4.79 Å². The highest BCUT2D eigenvalue weighted by Gasteiger charge is 2.06.